The van der Waals surface area contributed by atoms with E-state index in [-0.39, 0.29) is 18.4 Å². The Morgan fingerprint density at radius 3 is 2.73 bits per heavy atom. The zero-order valence-corrected chi connectivity index (χ0v) is 17.8. The first-order chi connectivity index (χ1) is 14.5. The molecular formula is C22H24N4O3S. The Morgan fingerprint density at radius 1 is 1.17 bits per heavy atom. The molecule has 0 saturated heterocycles. The van der Waals surface area contributed by atoms with Crippen LogP contribution in [0, 0.1) is 0 Å². The summed E-state index contributed by atoms with van der Waals surface area (Å²) in [6.45, 7) is 0.487. The van der Waals surface area contributed by atoms with Crippen molar-refractivity contribution in [2.75, 3.05) is 27.2 Å². The number of hydrogen-bond acceptors (Lipinski definition) is 6. The van der Waals surface area contributed by atoms with Gasteiger partial charge in [0.25, 0.3) is 11.8 Å². The van der Waals surface area contributed by atoms with Gasteiger partial charge < -0.3 is 15.0 Å². The normalized spacial score (nSPS) is 10.5. The van der Waals surface area contributed by atoms with Gasteiger partial charge in [0.15, 0.2) is 6.61 Å². The molecular weight excluding hydrogens is 400 g/mol. The summed E-state index contributed by atoms with van der Waals surface area (Å²) in [5.41, 5.74) is 2.50. The van der Waals surface area contributed by atoms with Crippen LogP contribution < -0.4 is 10.1 Å². The molecule has 0 atom stereocenters. The second-order valence-electron chi connectivity index (χ2n) is 6.83. The van der Waals surface area contributed by atoms with Gasteiger partial charge in [-0.2, -0.15) is 0 Å². The van der Waals surface area contributed by atoms with Crippen molar-refractivity contribution in [3.8, 4) is 17.0 Å². The molecule has 0 bridgehead atoms. The van der Waals surface area contributed by atoms with E-state index in [4.69, 9.17) is 4.74 Å². The lowest BCUT2D eigenvalue weighted by Gasteiger charge is -2.12. The quantitative estimate of drug-likeness (QED) is 0.534. The number of nitrogens with one attached hydrogen (secondary N) is 1. The van der Waals surface area contributed by atoms with Crippen molar-refractivity contribution in [3.63, 3.8) is 0 Å². The van der Waals surface area contributed by atoms with Gasteiger partial charge in [-0.25, -0.2) is 4.98 Å². The predicted molar refractivity (Wildman–Crippen MR) is 117 cm³/mol. The fourth-order valence-corrected chi connectivity index (χ4v) is 3.48. The lowest BCUT2D eigenvalue weighted by atomic mass is 10.2. The van der Waals surface area contributed by atoms with Gasteiger partial charge in [0.2, 0.25) is 0 Å². The number of amides is 2. The van der Waals surface area contributed by atoms with E-state index in [9.17, 15) is 9.59 Å². The Balaban J connectivity index is 1.44. The average molecular weight is 425 g/mol. The van der Waals surface area contributed by atoms with E-state index in [1.165, 1.54) is 4.90 Å². The van der Waals surface area contributed by atoms with Gasteiger partial charge in [0, 0.05) is 56.0 Å². The highest BCUT2D eigenvalue weighted by Gasteiger charge is 2.09. The molecule has 30 heavy (non-hydrogen) atoms. The summed E-state index contributed by atoms with van der Waals surface area (Å²) in [6, 6.07) is 10.7. The zero-order chi connectivity index (χ0) is 21.3. The minimum absolute atomic E-state index is 0.0621. The van der Waals surface area contributed by atoms with Gasteiger partial charge >= 0.3 is 0 Å². The third-order valence-corrected chi connectivity index (χ3v) is 5.25. The molecule has 156 valence electrons. The Bertz CT molecular complexity index is 989. The number of nitrogens with zero attached hydrogens (tertiary/aromatic N) is 3. The van der Waals surface area contributed by atoms with Crippen molar-refractivity contribution >= 4 is 23.2 Å². The molecule has 3 rings (SSSR count). The maximum Gasteiger partial charge on any atom is 0.259 e. The summed E-state index contributed by atoms with van der Waals surface area (Å²) in [4.78, 5) is 34.1. The fraction of sp³-hybridized carbons (Fsp3) is 0.273. The summed E-state index contributed by atoms with van der Waals surface area (Å²) < 4.78 is 5.46. The van der Waals surface area contributed by atoms with Gasteiger partial charge in [-0.15, -0.1) is 11.3 Å². The summed E-state index contributed by atoms with van der Waals surface area (Å²) >= 11 is 1.62. The molecule has 0 fully saturated rings. The summed E-state index contributed by atoms with van der Waals surface area (Å²) in [6.07, 6.45) is 5.10. The van der Waals surface area contributed by atoms with E-state index < -0.39 is 0 Å². The molecule has 2 heterocycles. The highest BCUT2D eigenvalue weighted by Crippen LogP contribution is 2.21. The van der Waals surface area contributed by atoms with Crippen LogP contribution in [0.3, 0.4) is 0 Å². The molecule has 7 nitrogen and oxygen atoms in total. The van der Waals surface area contributed by atoms with Crippen LogP contribution in [0.5, 0.6) is 5.75 Å². The molecule has 0 aliphatic rings. The van der Waals surface area contributed by atoms with Gasteiger partial charge in [0.05, 0.1) is 10.7 Å². The number of carbonyl (C=O) groups is 2. The number of aromatic nitrogens is 2. The number of thiazole rings is 1. The van der Waals surface area contributed by atoms with Crippen molar-refractivity contribution in [2.24, 2.45) is 0 Å². The van der Waals surface area contributed by atoms with Gasteiger partial charge in [0.1, 0.15) is 5.75 Å². The lowest BCUT2D eigenvalue weighted by molar-refractivity contribution is -0.130. The third-order valence-electron chi connectivity index (χ3n) is 4.34. The van der Waals surface area contributed by atoms with Crippen LogP contribution in [0.15, 0.2) is 54.2 Å². The first-order valence-corrected chi connectivity index (χ1v) is 10.5. The van der Waals surface area contributed by atoms with Crippen molar-refractivity contribution in [1.82, 2.24) is 20.2 Å². The van der Waals surface area contributed by atoms with Gasteiger partial charge in [-0.3, -0.25) is 14.6 Å². The minimum Gasteiger partial charge on any atom is -0.484 e. The standard InChI is InChI=1S/C22H24N4O3S/c1-26(2)21(27)14-29-18-6-3-5-17(13-18)22(28)24-10-4-7-20-25-19(15-30-20)16-8-11-23-12-9-16/h3,5-6,8-9,11-13,15H,4,7,10,14H2,1-2H3,(H,24,28). The second-order valence-corrected chi connectivity index (χ2v) is 7.77. The molecule has 1 N–H and O–H groups in total. The van der Waals surface area contributed by atoms with Crippen LogP contribution >= 0.6 is 11.3 Å². The van der Waals surface area contributed by atoms with E-state index in [1.54, 1.807) is 62.1 Å². The first-order valence-electron chi connectivity index (χ1n) is 9.59. The van der Waals surface area contributed by atoms with Crippen molar-refractivity contribution < 1.29 is 14.3 Å². The predicted octanol–water partition coefficient (Wildman–Crippen LogP) is 3.03. The monoisotopic (exact) mass is 424 g/mol. The number of aryl methyl sites for hydroxylation is 1. The lowest BCUT2D eigenvalue weighted by Crippen LogP contribution is -2.27. The second kappa shape index (κ2) is 10.5. The summed E-state index contributed by atoms with van der Waals surface area (Å²) in [5.74, 6) is 0.180. The van der Waals surface area contributed by atoms with Crippen LogP contribution in [-0.4, -0.2) is 53.9 Å². The Morgan fingerprint density at radius 2 is 1.97 bits per heavy atom. The molecule has 2 aromatic heterocycles. The molecule has 0 spiro atoms. The minimum atomic E-state index is -0.170. The number of carbonyl (C=O) groups excluding carboxylic acids is 2. The Hall–Kier alpha value is -3.26. The number of rotatable bonds is 9. The highest BCUT2D eigenvalue weighted by molar-refractivity contribution is 7.09. The number of pyridine rings is 1. The molecule has 0 aliphatic carbocycles. The molecule has 0 radical (unpaired) electrons. The van der Waals surface area contributed by atoms with E-state index >= 15 is 0 Å². The van der Waals surface area contributed by atoms with E-state index in [0.717, 1.165) is 29.1 Å². The number of likely N-dealkylation sites (N-methyl/N-ethyl adjacent to an activating group) is 1. The number of hydrogen-bond donors (Lipinski definition) is 1. The smallest absolute Gasteiger partial charge is 0.259 e. The topological polar surface area (TPSA) is 84.4 Å². The van der Waals surface area contributed by atoms with Crippen molar-refractivity contribution in [1.29, 1.82) is 0 Å². The van der Waals surface area contributed by atoms with Gasteiger partial charge in [-0.1, -0.05) is 6.07 Å². The Labute approximate surface area is 179 Å². The fourth-order valence-electron chi connectivity index (χ4n) is 2.63. The van der Waals surface area contributed by atoms with E-state index in [0.29, 0.717) is 17.9 Å². The first kappa shape index (κ1) is 21.4. The van der Waals surface area contributed by atoms with Gasteiger partial charge in [-0.05, 0) is 36.8 Å². The van der Waals surface area contributed by atoms with Crippen LogP contribution in [-0.2, 0) is 11.2 Å². The molecule has 0 saturated carbocycles. The maximum atomic E-state index is 12.4. The largest absolute Gasteiger partial charge is 0.484 e. The third kappa shape index (κ3) is 6.12. The van der Waals surface area contributed by atoms with E-state index in [2.05, 4.69) is 15.3 Å². The SMILES string of the molecule is CN(C)C(=O)COc1cccc(C(=O)NCCCc2nc(-c3ccncc3)cs2)c1. The summed E-state index contributed by atoms with van der Waals surface area (Å²) in [5, 5.41) is 5.99. The molecule has 1 aromatic carbocycles. The van der Waals surface area contributed by atoms with Crippen LogP contribution in [0.1, 0.15) is 21.8 Å². The average Bonchev–Trinajstić information content (AvgIpc) is 3.24. The van der Waals surface area contributed by atoms with Crippen molar-refractivity contribution in [3.05, 3.63) is 64.7 Å². The Kier molecular flexibility index (Phi) is 7.51. The zero-order valence-electron chi connectivity index (χ0n) is 17.0. The summed E-state index contributed by atoms with van der Waals surface area (Å²) in [7, 11) is 3.34. The van der Waals surface area contributed by atoms with Crippen LogP contribution in [0.4, 0.5) is 0 Å². The van der Waals surface area contributed by atoms with Crippen LogP contribution in [0.2, 0.25) is 0 Å². The molecule has 0 unspecified atom stereocenters. The molecule has 0 aliphatic heterocycles. The maximum absolute atomic E-state index is 12.4. The van der Waals surface area contributed by atoms with E-state index in [1.807, 2.05) is 17.5 Å². The number of ether oxygens (including phenoxy) is 1. The number of benzene rings is 1. The van der Waals surface area contributed by atoms with Crippen LogP contribution in [0.25, 0.3) is 11.3 Å². The molecule has 8 heteroatoms. The molecule has 2 amide bonds. The highest BCUT2D eigenvalue weighted by atomic mass is 32.1. The van der Waals surface area contributed by atoms with Crippen molar-refractivity contribution in [2.45, 2.75) is 12.8 Å². The molecule has 3 aromatic rings.